The molecular weight excluding hydrogens is 485 g/mol. The van der Waals surface area contributed by atoms with Crippen molar-refractivity contribution in [1.29, 1.82) is 0 Å². The highest BCUT2D eigenvalue weighted by Crippen LogP contribution is 2.41. The lowest BCUT2D eigenvalue weighted by Crippen LogP contribution is -2.28. The second-order valence-electron chi connectivity index (χ2n) is 9.54. The molecule has 6 nitrogen and oxygen atoms in total. The van der Waals surface area contributed by atoms with E-state index in [1.807, 2.05) is 70.3 Å². The minimum atomic E-state index is -1.21. The Balaban J connectivity index is 2.05. The van der Waals surface area contributed by atoms with E-state index in [1.54, 1.807) is 18.2 Å². The smallest absolute Gasteiger partial charge is 0.337 e. The van der Waals surface area contributed by atoms with E-state index in [-0.39, 0.29) is 0 Å². The number of carbonyl (C=O) groups is 1. The van der Waals surface area contributed by atoms with Gasteiger partial charge in [0.15, 0.2) is 6.10 Å². The number of imidazole rings is 1. The first kappa shape index (κ1) is 25.2. The fourth-order valence-electron chi connectivity index (χ4n) is 4.30. The molecule has 0 aliphatic carbocycles. The number of aromatic nitrogens is 3. The number of nitrogens with zero attached hydrogens (tertiary/aromatic N) is 3. The Bertz CT molecular complexity index is 1440. The number of benzene rings is 1. The standard InChI is InChI=1S/C27H27Cl2N3O3/c1-14-21(17-7-9-18(28)10-8-17)22(25(26(33)34)35-27(4,5)6)15(2)30-23(14)24-16(3)32-13-19(29)11-12-20(32)31-24/h7-13,25H,1-6H3,(H,33,34). The number of aliphatic carboxylic acids is 1. The number of aryl methyl sites for hydroxylation is 2. The zero-order chi connectivity index (χ0) is 25.7. The number of hydrogen-bond acceptors (Lipinski definition) is 4. The van der Waals surface area contributed by atoms with E-state index in [4.69, 9.17) is 37.9 Å². The maximum Gasteiger partial charge on any atom is 0.337 e. The average Bonchev–Trinajstić information content (AvgIpc) is 3.09. The van der Waals surface area contributed by atoms with Crippen LogP contribution in [0.15, 0.2) is 42.6 Å². The first-order valence-electron chi connectivity index (χ1n) is 11.2. The number of carboxylic acid groups (broad SMARTS) is 1. The summed E-state index contributed by atoms with van der Waals surface area (Å²) in [4.78, 5) is 22.1. The van der Waals surface area contributed by atoms with Crippen molar-refractivity contribution in [2.75, 3.05) is 0 Å². The molecule has 35 heavy (non-hydrogen) atoms. The molecule has 0 spiro atoms. The third-order valence-corrected chi connectivity index (χ3v) is 6.28. The van der Waals surface area contributed by atoms with E-state index in [0.717, 1.165) is 28.0 Å². The van der Waals surface area contributed by atoms with Crippen LogP contribution in [0.2, 0.25) is 10.0 Å². The molecule has 4 rings (SSSR count). The normalized spacial score (nSPS) is 12.8. The summed E-state index contributed by atoms with van der Waals surface area (Å²) in [7, 11) is 0. The maximum absolute atomic E-state index is 12.4. The number of fused-ring (bicyclic) bond motifs is 1. The summed E-state index contributed by atoms with van der Waals surface area (Å²) in [6.07, 6.45) is 0.610. The molecule has 0 aliphatic heterocycles. The first-order valence-corrected chi connectivity index (χ1v) is 11.9. The summed E-state index contributed by atoms with van der Waals surface area (Å²) in [6.45, 7) is 11.2. The van der Waals surface area contributed by atoms with Gasteiger partial charge in [-0.05, 0) is 82.5 Å². The predicted octanol–water partition coefficient (Wildman–Crippen LogP) is 7.24. The Labute approximate surface area is 214 Å². The summed E-state index contributed by atoms with van der Waals surface area (Å²) in [5.74, 6) is -1.08. The highest BCUT2D eigenvalue weighted by Gasteiger charge is 2.33. The minimum Gasteiger partial charge on any atom is -0.479 e. The SMILES string of the molecule is Cc1nc(-c2nc3ccc(Cl)cn3c2C)c(C)c(-c2ccc(Cl)cc2)c1C(OC(C)(C)C)C(=O)O. The molecule has 1 aromatic carbocycles. The highest BCUT2D eigenvalue weighted by atomic mass is 35.5. The van der Waals surface area contributed by atoms with Gasteiger partial charge in [-0.1, -0.05) is 35.3 Å². The van der Waals surface area contributed by atoms with E-state index in [9.17, 15) is 9.90 Å². The fourth-order valence-corrected chi connectivity index (χ4v) is 4.59. The molecule has 1 unspecified atom stereocenters. The van der Waals surface area contributed by atoms with Gasteiger partial charge in [0, 0.05) is 28.2 Å². The number of pyridine rings is 2. The average molecular weight is 512 g/mol. The van der Waals surface area contributed by atoms with Crippen molar-refractivity contribution in [1.82, 2.24) is 14.4 Å². The summed E-state index contributed by atoms with van der Waals surface area (Å²) < 4.78 is 7.96. The topological polar surface area (TPSA) is 76.7 Å². The van der Waals surface area contributed by atoms with Crippen molar-refractivity contribution in [2.24, 2.45) is 0 Å². The van der Waals surface area contributed by atoms with Crippen molar-refractivity contribution in [3.05, 3.63) is 75.2 Å². The molecule has 0 radical (unpaired) electrons. The lowest BCUT2D eigenvalue weighted by Gasteiger charge is -2.28. The largest absolute Gasteiger partial charge is 0.479 e. The monoisotopic (exact) mass is 511 g/mol. The van der Waals surface area contributed by atoms with E-state index in [1.165, 1.54) is 0 Å². The van der Waals surface area contributed by atoms with Crippen LogP contribution in [0.1, 0.15) is 49.4 Å². The van der Waals surface area contributed by atoms with Gasteiger partial charge in [0.25, 0.3) is 0 Å². The molecule has 1 atom stereocenters. The summed E-state index contributed by atoms with van der Waals surface area (Å²) >= 11 is 12.4. The summed E-state index contributed by atoms with van der Waals surface area (Å²) in [6, 6.07) is 11.0. The molecular formula is C27H27Cl2N3O3. The Hall–Kier alpha value is -2.93. The van der Waals surface area contributed by atoms with Crippen LogP contribution in [-0.4, -0.2) is 31.0 Å². The number of hydrogen-bond donors (Lipinski definition) is 1. The van der Waals surface area contributed by atoms with Crippen LogP contribution in [-0.2, 0) is 9.53 Å². The van der Waals surface area contributed by atoms with Crippen molar-refractivity contribution in [2.45, 2.75) is 53.2 Å². The van der Waals surface area contributed by atoms with Crippen LogP contribution in [0, 0.1) is 20.8 Å². The molecule has 182 valence electrons. The second kappa shape index (κ2) is 9.26. The van der Waals surface area contributed by atoms with Gasteiger partial charge >= 0.3 is 5.97 Å². The van der Waals surface area contributed by atoms with Gasteiger partial charge in [-0.2, -0.15) is 0 Å². The number of halogens is 2. The van der Waals surface area contributed by atoms with Gasteiger partial charge in [-0.3, -0.25) is 4.98 Å². The van der Waals surface area contributed by atoms with Crippen LogP contribution < -0.4 is 0 Å². The Kier molecular flexibility index (Phi) is 6.66. The van der Waals surface area contributed by atoms with E-state index < -0.39 is 17.7 Å². The zero-order valence-corrected chi connectivity index (χ0v) is 22.0. The Morgan fingerprint density at radius 3 is 2.20 bits per heavy atom. The predicted molar refractivity (Wildman–Crippen MR) is 139 cm³/mol. The molecule has 0 amide bonds. The van der Waals surface area contributed by atoms with Crippen LogP contribution in [0.25, 0.3) is 28.2 Å². The molecule has 0 aliphatic rings. The number of rotatable bonds is 5. The highest BCUT2D eigenvalue weighted by molar-refractivity contribution is 6.30. The lowest BCUT2D eigenvalue weighted by molar-refractivity contribution is -0.160. The van der Waals surface area contributed by atoms with Crippen LogP contribution >= 0.6 is 23.2 Å². The maximum atomic E-state index is 12.4. The zero-order valence-electron chi connectivity index (χ0n) is 20.5. The van der Waals surface area contributed by atoms with E-state index in [2.05, 4.69) is 0 Å². The molecule has 0 saturated heterocycles. The molecule has 1 N–H and O–H groups in total. The van der Waals surface area contributed by atoms with Gasteiger partial charge < -0.3 is 14.2 Å². The van der Waals surface area contributed by atoms with Crippen LogP contribution in [0.3, 0.4) is 0 Å². The molecule has 4 aromatic rings. The third kappa shape index (κ3) is 4.92. The van der Waals surface area contributed by atoms with E-state index in [0.29, 0.717) is 32.7 Å². The molecule has 3 aromatic heterocycles. The molecule has 3 heterocycles. The van der Waals surface area contributed by atoms with Crippen LogP contribution in [0.5, 0.6) is 0 Å². The molecule has 0 bridgehead atoms. The van der Waals surface area contributed by atoms with E-state index >= 15 is 0 Å². The van der Waals surface area contributed by atoms with Gasteiger partial charge in [-0.15, -0.1) is 0 Å². The third-order valence-electron chi connectivity index (χ3n) is 5.81. The van der Waals surface area contributed by atoms with Crippen molar-refractivity contribution < 1.29 is 14.6 Å². The number of ether oxygens (including phenoxy) is 1. The molecule has 8 heteroatoms. The van der Waals surface area contributed by atoms with Gasteiger partial charge in [0.1, 0.15) is 11.3 Å². The molecule has 0 fully saturated rings. The Morgan fingerprint density at radius 1 is 0.971 bits per heavy atom. The van der Waals surface area contributed by atoms with Crippen molar-refractivity contribution >= 4 is 34.8 Å². The summed E-state index contributed by atoms with van der Waals surface area (Å²) in [5, 5.41) is 11.4. The number of carboxylic acids is 1. The molecule has 0 saturated carbocycles. The quantitative estimate of drug-likeness (QED) is 0.305. The minimum absolute atomic E-state index is 0.514. The van der Waals surface area contributed by atoms with Crippen molar-refractivity contribution in [3.63, 3.8) is 0 Å². The lowest BCUT2D eigenvalue weighted by atomic mass is 9.89. The van der Waals surface area contributed by atoms with Gasteiger partial charge in [0.2, 0.25) is 0 Å². The first-order chi connectivity index (χ1) is 16.4. The van der Waals surface area contributed by atoms with Gasteiger partial charge in [-0.25, -0.2) is 9.78 Å². The van der Waals surface area contributed by atoms with Crippen LogP contribution in [0.4, 0.5) is 0 Å². The summed E-state index contributed by atoms with van der Waals surface area (Å²) in [5.41, 5.74) is 5.77. The Morgan fingerprint density at radius 2 is 1.60 bits per heavy atom. The second-order valence-corrected chi connectivity index (χ2v) is 10.4. The van der Waals surface area contributed by atoms with Crippen molar-refractivity contribution in [3.8, 4) is 22.5 Å². The van der Waals surface area contributed by atoms with Gasteiger partial charge in [0.05, 0.1) is 16.3 Å². The fraction of sp³-hybridized carbons (Fsp3) is 0.296.